The van der Waals surface area contributed by atoms with Crippen LogP contribution in [0.25, 0.3) is 0 Å². The standard InChI is InChI=1S/C15H13ClO2/c16-15(14(17)18,13-9-5-2-6-10-13)11-12-7-3-1-4-8-12/h1-10H,11H2,(H,17,18). The van der Waals surface area contributed by atoms with Gasteiger partial charge in [0.2, 0.25) is 0 Å². The molecule has 1 atom stereocenters. The van der Waals surface area contributed by atoms with Crippen LogP contribution < -0.4 is 0 Å². The summed E-state index contributed by atoms with van der Waals surface area (Å²) < 4.78 is 0. The zero-order valence-electron chi connectivity index (χ0n) is 9.71. The van der Waals surface area contributed by atoms with Crippen LogP contribution in [0.4, 0.5) is 0 Å². The Kier molecular flexibility index (Phi) is 3.68. The summed E-state index contributed by atoms with van der Waals surface area (Å²) in [6.07, 6.45) is 0.259. The van der Waals surface area contributed by atoms with Crippen LogP contribution in [-0.2, 0) is 16.1 Å². The van der Waals surface area contributed by atoms with Crippen LogP contribution in [0.5, 0.6) is 0 Å². The minimum Gasteiger partial charge on any atom is -0.480 e. The van der Waals surface area contributed by atoms with Gasteiger partial charge in [0.1, 0.15) is 0 Å². The van der Waals surface area contributed by atoms with Crippen molar-refractivity contribution in [1.82, 2.24) is 0 Å². The molecule has 2 rings (SSSR count). The van der Waals surface area contributed by atoms with Gasteiger partial charge in [-0.3, -0.25) is 0 Å². The highest BCUT2D eigenvalue weighted by atomic mass is 35.5. The molecule has 0 heterocycles. The first-order valence-corrected chi connectivity index (χ1v) is 6.02. The second kappa shape index (κ2) is 5.23. The predicted octanol–water partition coefficient (Wildman–Crippen LogP) is 3.45. The van der Waals surface area contributed by atoms with Crippen molar-refractivity contribution in [3.8, 4) is 0 Å². The second-order valence-electron chi connectivity index (χ2n) is 4.13. The van der Waals surface area contributed by atoms with Crippen molar-refractivity contribution in [2.24, 2.45) is 0 Å². The molecule has 0 fully saturated rings. The van der Waals surface area contributed by atoms with Crippen LogP contribution in [0.2, 0.25) is 0 Å². The van der Waals surface area contributed by atoms with E-state index in [0.717, 1.165) is 5.56 Å². The van der Waals surface area contributed by atoms with Crippen molar-refractivity contribution in [2.45, 2.75) is 11.3 Å². The molecule has 0 aromatic heterocycles. The summed E-state index contributed by atoms with van der Waals surface area (Å²) in [4.78, 5) is 10.1. The maximum atomic E-state index is 11.5. The summed E-state index contributed by atoms with van der Waals surface area (Å²) >= 11 is 6.33. The van der Waals surface area contributed by atoms with Crippen LogP contribution >= 0.6 is 11.6 Å². The fraction of sp³-hybridized carbons (Fsp3) is 0.133. The maximum Gasteiger partial charge on any atom is 0.329 e. The maximum absolute atomic E-state index is 11.5. The molecule has 0 saturated heterocycles. The Morgan fingerprint density at radius 1 is 1.00 bits per heavy atom. The smallest absolute Gasteiger partial charge is 0.329 e. The lowest BCUT2D eigenvalue weighted by Crippen LogP contribution is -2.32. The molecule has 0 saturated carbocycles. The third kappa shape index (κ3) is 2.54. The Hall–Kier alpha value is -1.80. The normalized spacial score (nSPS) is 13.8. The molecule has 1 unspecified atom stereocenters. The number of benzene rings is 2. The number of hydrogen-bond acceptors (Lipinski definition) is 1. The van der Waals surface area contributed by atoms with E-state index in [1.807, 2.05) is 36.4 Å². The highest BCUT2D eigenvalue weighted by Crippen LogP contribution is 2.33. The first-order valence-electron chi connectivity index (χ1n) is 5.65. The van der Waals surface area contributed by atoms with Crippen molar-refractivity contribution in [3.05, 3.63) is 71.8 Å². The molecule has 2 aromatic rings. The second-order valence-corrected chi connectivity index (χ2v) is 4.78. The van der Waals surface area contributed by atoms with Gasteiger partial charge in [-0.15, -0.1) is 11.6 Å². The third-order valence-corrected chi connectivity index (χ3v) is 3.37. The Labute approximate surface area is 111 Å². The van der Waals surface area contributed by atoms with Crippen LogP contribution in [0.15, 0.2) is 60.7 Å². The van der Waals surface area contributed by atoms with Crippen LogP contribution in [0.1, 0.15) is 11.1 Å². The molecule has 0 aliphatic carbocycles. The molecule has 0 bridgehead atoms. The molecule has 2 aromatic carbocycles. The lowest BCUT2D eigenvalue weighted by atomic mass is 9.91. The number of rotatable bonds is 4. The zero-order valence-corrected chi connectivity index (χ0v) is 10.5. The monoisotopic (exact) mass is 260 g/mol. The molecule has 2 nitrogen and oxygen atoms in total. The van der Waals surface area contributed by atoms with Crippen molar-refractivity contribution >= 4 is 17.6 Å². The number of hydrogen-bond donors (Lipinski definition) is 1. The number of halogens is 1. The van der Waals surface area contributed by atoms with Gasteiger partial charge in [-0.25, -0.2) is 4.79 Å². The first kappa shape index (κ1) is 12.7. The number of carbonyl (C=O) groups is 1. The fourth-order valence-corrected chi connectivity index (χ4v) is 2.16. The van der Waals surface area contributed by atoms with Crippen molar-refractivity contribution in [3.63, 3.8) is 0 Å². The Morgan fingerprint density at radius 2 is 1.50 bits per heavy atom. The van der Waals surface area contributed by atoms with E-state index in [4.69, 9.17) is 11.6 Å². The molecule has 0 amide bonds. The molecule has 0 aliphatic rings. The van der Waals surface area contributed by atoms with Gasteiger partial charge in [-0.2, -0.15) is 0 Å². The lowest BCUT2D eigenvalue weighted by Gasteiger charge is -2.22. The summed E-state index contributed by atoms with van der Waals surface area (Å²) in [6.45, 7) is 0. The lowest BCUT2D eigenvalue weighted by molar-refractivity contribution is -0.140. The summed E-state index contributed by atoms with van der Waals surface area (Å²) in [6, 6.07) is 18.3. The molecule has 1 N–H and O–H groups in total. The van der Waals surface area contributed by atoms with E-state index >= 15 is 0 Å². The highest BCUT2D eigenvalue weighted by Gasteiger charge is 2.38. The fourth-order valence-electron chi connectivity index (χ4n) is 1.88. The molecular formula is C15H13ClO2. The van der Waals surface area contributed by atoms with Gasteiger partial charge in [-0.05, 0) is 11.1 Å². The van der Waals surface area contributed by atoms with E-state index in [-0.39, 0.29) is 6.42 Å². The van der Waals surface area contributed by atoms with E-state index in [9.17, 15) is 9.90 Å². The van der Waals surface area contributed by atoms with Gasteiger partial charge in [0, 0.05) is 6.42 Å². The average molecular weight is 261 g/mol. The third-order valence-electron chi connectivity index (χ3n) is 2.86. The van der Waals surface area contributed by atoms with Crippen LogP contribution in [0.3, 0.4) is 0 Å². The summed E-state index contributed by atoms with van der Waals surface area (Å²) in [7, 11) is 0. The molecule has 3 heteroatoms. The zero-order chi connectivity index (χ0) is 13.0. The molecule has 0 radical (unpaired) electrons. The van der Waals surface area contributed by atoms with Crippen LogP contribution in [-0.4, -0.2) is 11.1 Å². The van der Waals surface area contributed by atoms with Crippen LogP contribution in [0, 0.1) is 0 Å². The van der Waals surface area contributed by atoms with E-state index in [0.29, 0.717) is 5.56 Å². The van der Waals surface area contributed by atoms with Gasteiger partial charge in [0.05, 0.1) is 0 Å². The van der Waals surface area contributed by atoms with Gasteiger partial charge < -0.3 is 5.11 Å². The topological polar surface area (TPSA) is 37.3 Å². The minimum absolute atomic E-state index is 0.259. The summed E-state index contributed by atoms with van der Waals surface area (Å²) in [5.74, 6) is -1.03. The van der Waals surface area contributed by atoms with E-state index in [1.54, 1.807) is 24.3 Å². The molecule has 92 valence electrons. The molecule has 0 aliphatic heterocycles. The number of carboxylic acid groups (broad SMARTS) is 1. The van der Waals surface area contributed by atoms with Crippen molar-refractivity contribution < 1.29 is 9.90 Å². The highest BCUT2D eigenvalue weighted by molar-refractivity contribution is 6.33. The minimum atomic E-state index is -1.41. The van der Waals surface area contributed by atoms with E-state index in [1.165, 1.54) is 0 Å². The van der Waals surface area contributed by atoms with Gasteiger partial charge in [0.25, 0.3) is 0 Å². The number of aliphatic carboxylic acids is 1. The predicted molar refractivity (Wildman–Crippen MR) is 71.8 cm³/mol. The van der Waals surface area contributed by atoms with Crippen molar-refractivity contribution in [2.75, 3.05) is 0 Å². The van der Waals surface area contributed by atoms with Gasteiger partial charge in [0.15, 0.2) is 4.87 Å². The molecule has 18 heavy (non-hydrogen) atoms. The molecular weight excluding hydrogens is 248 g/mol. The number of carboxylic acids is 1. The number of alkyl halides is 1. The largest absolute Gasteiger partial charge is 0.480 e. The van der Waals surface area contributed by atoms with Gasteiger partial charge in [-0.1, -0.05) is 60.7 Å². The Balaban J connectivity index is 2.37. The van der Waals surface area contributed by atoms with Crippen molar-refractivity contribution in [1.29, 1.82) is 0 Å². The average Bonchev–Trinajstić information content (AvgIpc) is 2.40. The first-order chi connectivity index (χ1) is 8.63. The van der Waals surface area contributed by atoms with E-state index < -0.39 is 10.8 Å². The Morgan fingerprint density at radius 3 is 2.00 bits per heavy atom. The summed E-state index contributed by atoms with van der Waals surface area (Å²) in [5.41, 5.74) is 1.50. The van der Waals surface area contributed by atoms with Gasteiger partial charge >= 0.3 is 5.97 Å². The summed E-state index contributed by atoms with van der Waals surface area (Å²) in [5, 5.41) is 9.42. The van der Waals surface area contributed by atoms with E-state index in [2.05, 4.69) is 0 Å². The quantitative estimate of drug-likeness (QED) is 0.855. The Bertz CT molecular complexity index is 525. The molecule has 0 spiro atoms. The SMILES string of the molecule is O=C(O)C(Cl)(Cc1ccccc1)c1ccccc1.